The van der Waals surface area contributed by atoms with E-state index in [0.717, 1.165) is 12.1 Å². The van der Waals surface area contributed by atoms with Crippen LogP contribution in [0.25, 0.3) is 0 Å². The summed E-state index contributed by atoms with van der Waals surface area (Å²) in [5.74, 6) is 5.57. The summed E-state index contributed by atoms with van der Waals surface area (Å²) in [6, 6.07) is 10.4. The lowest BCUT2D eigenvalue weighted by Crippen LogP contribution is -2.23. The highest BCUT2D eigenvalue weighted by Crippen LogP contribution is 2.29. The predicted molar refractivity (Wildman–Crippen MR) is 91.1 cm³/mol. The molecule has 2 rings (SSSR count). The number of hydrogen-bond donors (Lipinski definition) is 1. The molecule has 0 bridgehead atoms. The summed E-state index contributed by atoms with van der Waals surface area (Å²) in [5.41, 5.74) is -0.653. The predicted octanol–water partition coefficient (Wildman–Crippen LogP) is 3.43. The number of halogens is 3. The van der Waals surface area contributed by atoms with Gasteiger partial charge in [-0.2, -0.15) is 17.9 Å². The van der Waals surface area contributed by atoms with Crippen LogP contribution in [0.15, 0.2) is 53.4 Å². The topological polar surface area (TPSA) is 55.4 Å². The van der Waals surface area contributed by atoms with Crippen LogP contribution in [0.3, 0.4) is 0 Å². The molecule has 0 aliphatic rings. The first kappa shape index (κ1) is 19.8. The van der Waals surface area contributed by atoms with Crippen molar-refractivity contribution in [1.82, 2.24) is 4.72 Å². The van der Waals surface area contributed by atoms with Crippen LogP contribution in [-0.2, 0) is 16.2 Å². The Morgan fingerprint density at radius 1 is 1.12 bits per heavy atom. The molecule has 0 aliphatic carbocycles. The van der Waals surface area contributed by atoms with Crippen molar-refractivity contribution >= 4 is 10.0 Å². The number of nitrogens with one attached hydrogen (secondary N) is 1. The van der Waals surface area contributed by atoms with Crippen molar-refractivity contribution in [3.8, 4) is 17.6 Å². The van der Waals surface area contributed by atoms with Crippen LogP contribution >= 0.6 is 0 Å². The fourth-order valence-corrected chi connectivity index (χ4v) is 2.94. The van der Waals surface area contributed by atoms with Gasteiger partial charge in [0.15, 0.2) is 0 Å². The number of alkyl halides is 3. The van der Waals surface area contributed by atoms with E-state index in [1.165, 1.54) is 36.4 Å². The van der Waals surface area contributed by atoms with Gasteiger partial charge < -0.3 is 4.74 Å². The van der Waals surface area contributed by atoms with E-state index >= 15 is 0 Å². The average Bonchev–Trinajstić information content (AvgIpc) is 2.59. The molecule has 0 saturated carbocycles. The number of sulfonamides is 1. The van der Waals surface area contributed by atoms with Crippen LogP contribution in [0.1, 0.15) is 18.1 Å². The summed E-state index contributed by atoms with van der Waals surface area (Å²) in [6.45, 7) is 2.05. The fraction of sp³-hybridized carbons (Fsp3) is 0.222. The van der Waals surface area contributed by atoms with E-state index in [1.54, 1.807) is 0 Å². The molecule has 1 N–H and O–H groups in total. The minimum absolute atomic E-state index is 0.0434. The first-order chi connectivity index (χ1) is 12.2. The third kappa shape index (κ3) is 5.51. The van der Waals surface area contributed by atoms with E-state index in [-0.39, 0.29) is 17.0 Å². The molecule has 0 aromatic heterocycles. The maximum absolute atomic E-state index is 12.6. The van der Waals surface area contributed by atoms with Crippen molar-refractivity contribution in [3.05, 3.63) is 59.7 Å². The van der Waals surface area contributed by atoms with Crippen molar-refractivity contribution in [1.29, 1.82) is 0 Å². The lowest BCUT2D eigenvalue weighted by molar-refractivity contribution is -0.137. The largest absolute Gasteiger partial charge is 0.494 e. The Hall–Kier alpha value is -2.50. The summed E-state index contributed by atoms with van der Waals surface area (Å²) in [4.78, 5) is 0.0434. The molecular weight excluding hydrogens is 367 g/mol. The zero-order valence-electron chi connectivity index (χ0n) is 13.8. The normalized spacial score (nSPS) is 11.5. The van der Waals surface area contributed by atoms with E-state index in [0.29, 0.717) is 12.4 Å². The highest BCUT2D eigenvalue weighted by molar-refractivity contribution is 7.89. The number of benzene rings is 2. The van der Waals surface area contributed by atoms with Gasteiger partial charge in [0.1, 0.15) is 5.75 Å². The number of hydrogen-bond acceptors (Lipinski definition) is 3. The zero-order valence-corrected chi connectivity index (χ0v) is 14.6. The van der Waals surface area contributed by atoms with Gasteiger partial charge in [0.05, 0.1) is 23.6 Å². The second kappa shape index (κ2) is 8.25. The van der Waals surface area contributed by atoms with Gasteiger partial charge in [0.25, 0.3) is 0 Å². The summed E-state index contributed by atoms with van der Waals surface area (Å²) >= 11 is 0. The molecule has 0 radical (unpaired) electrons. The molecule has 0 saturated heterocycles. The lowest BCUT2D eigenvalue weighted by Gasteiger charge is -2.06. The summed E-state index contributed by atoms with van der Waals surface area (Å²) in [6.07, 6.45) is -4.45. The third-order valence-corrected chi connectivity index (χ3v) is 4.64. The van der Waals surface area contributed by atoms with Crippen molar-refractivity contribution < 1.29 is 26.3 Å². The van der Waals surface area contributed by atoms with Crippen molar-refractivity contribution in [2.45, 2.75) is 18.0 Å². The van der Waals surface area contributed by atoms with E-state index in [9.17, 15) is 21.6 Å². The molecule has 2 aromatic rings. The second-order valence-electron chi connectivity index (χ2n) is 5.11. The van der Waals surface area contributed by atoms with E-state index in [2.05, 4.69) is 16.6 Å². The molecule has 0 heterocycles. The lowest BCUT2D eigenvalue weighted by atomic mass is 10.1. The Morgan fingerprint density at radius 2 is 1.81 bits per heavy atom. The molecule has 4 nitrogen and oxygen atoms in total. The molecule has 8 heteroatoms. The van der Waals surface area contributed by atoms with E-state index in [4.69, 9.17) is 4.74 Å². The van der Waals surface area contributed by atoms with Crippen molar-refractivity contribution in [2.75, 3.05) is 13.2 Å². The van der Waals surface area contributed by atoms with Gasteiger partial charge in [-0.3, -0.25) is 0 Å². The van der Waals surface area contributed by atoms with Gasteiger partial charge in [-0.05, 0) is 49.4 Å². The van der Waals surface area contributed by atoms with Crippen molar-refractivity contribution in [2.24, 2.45) is 0 Å². The van der Waals surface area contributed by atoms with E-state index < -0.39 is 21.8 Å². The highest BCUT2D eigenvalue weighted by atomic mass is 32.2. The highest BCUT2D eigenvalue weighted by Gasteiger charge is 2.30. The fourth-order valence-electron chi connectivity index (χ4n) is 2.02. The number of ether oxygens (including phenoxy) is 1. The Balaban J connectivity index is 2.02. The summed E-state index contributed by atoms with van der Waals surface area (Å²) < 4.78 is 69.7. The quantitative estimate of drug-likeness (QED) is 0.805. The maximum Gasteiger partial charge on any atom is 0.416 e. The standard InChI is InChI=1S/C18H16F3NO3S/c1-2-25-16-8-10-17(11-9-16)26(23,24)22-12-4-6-14-5-3-7-15(13-14)18(19,20)21/h3,5,7-11,13,22H,2,12H2,1H3. The van der Waals surface area contributed by atoms with Crippen LogP contribution in [0.4, 0.5) is 13.2 Å². The van der Waals surface area contributed by atoms with Gasteiger partial charge in [-0.25, -0.2) is 8.42 Å². The molecule has 0 amide bonds. The van der Waals surface area contributed by atoms with Gasteiger partial charge in [-0.1, -0.05) is 17.9 Å². The molecule has 0 unspecified atom stereocenters. The third-order valence-electron chi connectivity index (χ3n) is 3.22. The van der Waals surface area contributed by atoms with Crippen LogP contribution < -0.4 is 9.46 Å². The first-order valence-electron chi connectivity index (χ1n) is 7.61. The molecule has 26 heavy (non-hydrogen) atoms. The Labute approximate surface area is 150 Å². The van der Waals surface area contributed by atoms with Gasteiger partial charge in [-0.15, -0.1) is 0 Å². The second-order valence-corrected chi connectivity index (χ2v) is 6.88. The van der Waals surface area contributed by atoms with Gasteiger partial charge in [0, 0.05) is 5.56 Å². The van der Waals surface area contributed by atoms with Crippen LogP contribution in [0.2, 0.25) is 0 Å². The minimum atomic E-state index is -4.45. The molecule has 0 spiro atoms. The van der Waals surface area contributed by atoms with E-state index in [1.807, 2.05) is 6.92 Å². The molecule has 138 valence electrons. The summed E-state index contributed by atoms with van der Waals surface area (Å²) in [7, 11) is -3.77. The van der Waals surface area contributed by atoms with Crippen molar-refractivity contribution in [3.63, 3.8) is 0 Å². The SMILES string of the molecule is CCOc1ccc(S(=O)(=O)NCC#Cc2cccc(C(F)(F)F)c2)cc1. The summed E-state index contributed by atoms with van der Waals surface area (Å²) in [5, 5.41) is 0. The van der Waals surface area contributed by atoms with Crippen LogP contribution in [-0.4, -0.2) is 21.6 Å². The van der Waals surface area contributed by atoms with Gasteiger partial charge in [0.2, 0.25) is 10.0 Å². The molecular formula is C18H16F3NO3S. The van der Waals surface area contributed by atoms with Gasteiger partial charge >= 0.3 is 6.18 Å². The maximum atomic E-state index is 12.6. The molecule has 0 aliphatic heterocycles. The molecule has 0 fully saturated rings. The van der Waals surface area contributed by atoms with Crippen LogP contribution in [0, 0.1) is 11.8 Å². The molecule has 0 atom stereocenters. The zero-order chi connectivity index (χ0) is 19.2. The minimum Gasteiger partial charge on any atom is -0.494 e. The first-order valence-corrected chi connectivity index (χ1v) is 9.09. The smallest absolute Gasteiger partial charge is 0.416 e. The van der Waals surface area contributed by atoms with Crippen LogP contribution in [0.5, 0.6) is 5.75 Å². The Kier molecular flexibility index (Phi) is 6.29. The number of rotatable bonds is 5. The Bertz CT molecular complexity index is 911. The average molecular weight is 383 g/mol. The Morgan fingerprint density at radius 3 is 2.42 bits per heavy atom. The molecule has 2 aromatic carbocycles. The monoisotopic (exact) mass is 383 g/mol.